The minimum atomic E-state index is -0.766. The van der Waals surface area contributed by atoms with E-state index in [9.17, 15) is 9.59 Å². The molecule has 5 rings (SSSR count). The molecule has 178 valence electrons. The molecule has 1 aliphatic heterocycles. The summed E-state index contributed by atoms with van der Waals surface area (Å²) < 4.78 is 7.87. The third kappa shape index (κ3) is 4.39. The van der Waals surface area contributed by atoms with E-state index in [1.165, 1.54) is 18.7 Å². The monoisotopic (exact) mass is 507 g/mol. The standard InChI is InChI=1S/C26H23ClN4O3S/c1-3-4-14-35-26-28-24(33)23-19-10-5-6-11-20(19)30(16(2)32)25(31(23)29-26)22-13-12-21(34-22)17-8-7-9-18(27)15-17/h5-13,15,25H,3-4,14H2,1-2H3/p+1. The van der Waals surface area contributed by atoms with Crippen LogP contribution in [0.15, 0.2) is 75.0 Å². The third-order valence-electron chi connectivity index (χ3n) is 5.82. The van der Waals surface area contributed by atoms with Gasteiger partial charge >= 0.3 is 17.4 Å². The number of nitrogens with zero attached hydrogens (tertiary/aromatic N) is 3. The fourth-order valence-electron chi connectivity index (χ4n) is 4.24. The number of aromatic amines is 1. The van der Waals surface area contributed by atoms with Gasteiger partial charge in [-0.1, -0.05) is 61.0 Å². The van der Waals surface area contributed by atoms with Crippen LogP contribution >= 0.6 is 23.4 Å². The van der Waals surface area contributed by atoms with Crippen LogP contribution in [0, 0.1) is 0 Å². The molecule has 4 aromatic rings. The molecule has 1 N–H and O–H groups in total. The van der Waals surface area contributed by atoms with Crippen LogP contribution in [0.1, 0.15) is 38.6 Å². The number of benzene rings is 2. The fourth-order valence-corrected chi connectivity index (χ4v) is 5.36. The van der Waals surface area contributed by atoms with E-state index in [1.807, 2.05) is 54.6 Å². The third-order valence-corrected chi connectivity index (χ3v) is 7.01. The van der Waals surface area contributed by atoms with Gasteiger partial charge in [-0.15, -0.1) is 0 Å². The van der Waals surface area contributed by atoms with E-state index in [0.29, 0.717) is 38.6 Å². The van der Waals surface area contributed by atoms with Crippen LogP contribution < -0.4 is 15.1 Å². The van der Waals surface area contributed by atoms with Gasteiger partial charge in [0.2, 0.25) is 11.1 Å². The zero-order valence-electron chi connectivity index (χ0n) is 19.3. The van der Waals surface area contributed by atoms with Gasteiger partial charge in [0.15, 0.2) is 5.76 Å². The predicted octanol–water partition coefficient (Wildman–Crippen LogP) is 5.44. The second-order valence-electron chi connectivity index (χ2n) is 8.25. The molecule has 35 heavy (non-hydrogen) atoms. The Morgan fingerprint density at radius 1 is 1.20 bits per heavy atom. The van der Waals surface area contributed by atoms with E-state index in [4.69, 9.17) is 21.1 Å². The molecule has 3 heterocycles. The maximum atomic E-state index is 13.3. The topological polar surface area (TPSA) is 83.1 Å². The Hall–Kier alpha value is -3.36. The average Bonchev–Trinajstić information content (AvgIpc) is 3.33. The van der Waals surface area contributed by atoms with Crippen molar-refractivity contribution in [3.63, 3.8) is 0 Å². The lowest BCUT2D eigenvalue weighted by Crippen LogP contribution is -2.60. The number of amides is 1. The van der Waals surface area contributed by atoms with Crippen LogP contribution in [-0.4, -0.2) is 21.7 Å². The van der Waals surface area contributed by atoms with Crippen molar-refractivity contribution >= 4 is 35.0 Å². The highest BCUT2D eigenvalue weighted by atomic mass is 35.5. The van der Waals surface area contributed by atoms with Gasteiger partial charge in [0.05, 0.1) is 11.3 Å². The van der Waals surface area contributed by atoms with Crippen LogP contribution in [0.4, 0.5) is 5.69 Å². The summed E-state index contributed by atoms with van der Waals surface area (Å²) in [4.78, 5) is 30.8. The van der Waals surface area contributed by atoms with Crippen molar-refractivity contribution in [2.24, 2.45) is 0 Å². The molecule has 0 spiro atoms. The van der Waals surface area contributed by atoms with E-state index in [0.717, 1.165) is 24.2 Å². The van der Waals surface area contributed by atoms with E-state index in [1.54, 1.807) is 15.6 Å². The number of fused-ring (bicyclic) bond motifs is 3. The number of rotatable bonds is 6. The molecule has 0 bridgehead atoms. The van der Waals surface area contributed by atoms with Crippen LogP contribution in [-0.2, 0) is 4.79 Å². The second kappa shape index (κ2) is 9.71. The fraction of sp³-hybridized carbons (Fsp3) is 0.231. The molecule has 0 saturated carbocycles. The molecule has 0 aliphatic carbocycles. The van der Waals surface area contributed by atoms with Crippen LogP contribution in [0.3, 0.4) is 0 Å². The number of unbranched alkanes of at least 4 members (excludes halogenated alkanes) is 1. The minimum Gasteiger partial charge on any atom is -0.452 e. The Bertz CT molecular complexity index is 1460. The number of anilines is 1. The van der Waals surface area contributed by atoms with Gasteiger partial charge in [0.1, 0.15) is 5.76 Å². The molecule has 1 unspecified atom stereocenters. The first-order valence-corrected chi connectivity index (χ1v) is 12.8. The summed E-state index contributed by atoms with van der Waals surface area (Å²) in [5, 5.41) is 5.88. The van der Waals surface area contributed by atoms with Crippen molar-refractivity contribution in [1.29, 1.82) is 0 Å². The van der Waals surface area contributed by atoms with Crippen molar-refractivity contribution in [3.8, 4) is 22.6 Å². The molecular formula is C26H24ClN4O3S+. The van der Waals surface area contributed by atoms with Crippen molar-refractivity contribution < 1.29 is 13.9 Å². The molecule has 0 radical (unpaired) electrons. The first-order chi connectivity index (χ1) is 17.0. The normalized spacial score (nSPS) is 14.5. The molecule has 7 nitrogen and oxygen atoms in total. The van der Waals surface area contributed by atoms with Gasteiger partial charge in [-0.05, 0) is 47.5 Å². The van der Waals surface area contributed by atoms with E-state index < -0.39 is 6.17 Å². The van der Waals surface area contributed by atoms with E-state index >= 15 is 0 Å². The number of furan rings is 1. The van der Waals surface area contributed by atoms with Crippen LogP contribution in [0.5, 0.6) is 0 Å². The summed E-state index contributed by atoms with van der Waals surface area (Å²) in [7, 11) is 0. The van der Waals surface area contributed by atoms with Gasteiger partial charge in [-0.25, -0.2) is 4.90 Å². The number of H-pyrrole nitrogens is 1. The zero-order chi connectivity index (χ0) is 24.5. The number of aromatic nitrogens is 3. The molecule has 9 heteroatoms. The number of hydrogen-bond donors (Lipinski definition) is 1. The van der Waals surface area contributed by atoms with Gasteiger partial charge < -0.3 is 4.42 Å². The summed E-state index contributed by atoms with van der Waals surface area (Å²) >= 11 is 7.66. The maximum Gasteiger partial charge on any atom is 0.325 e. The van der Waals surface area contributed by atoms with Gasteiger partial charge in [0.25, 0.3) is 0 Å². The summed E-state index contributed by atoms with van der Waals surface area (Å²) in [6.45, 7) is 3.62. The summed E-state index contributed by atoms with van der Waals surface area (Å²) in [5.74, 6) is 1.73. The number of carbonyl (C=O) groups excluding carboxylic acids is 1. The SMILES string of the molecule is CCCCSc1n[n+]2c(c(=O)[nH]1)-c1ccccc1N(C(C)=O)C2c1ccc(-c2cccc(Cl)c2)o1. The molecular weight excluding hydrogens is 484 g/mol. The Morgan fingerprint density at radius 2 is 2.03 bits per heavy atom. The second-order valence-corrected chi connectivity index (χ2v) is 9.77. The quantitative estimate of drug-likeness (QED) is 0.213. The highest BCUT2D eigenvalue weighted by molar-refractivity contribution is 7.99. The number of para-hydroxylation sites is 1. The lowest BCUT2D eigenvalue weighted by Gasteiger charge is -2.30. The first kappa shape index (κ1) is 23.4. The van der Waals surface area contributed by atoms with Crippen molar-refractivity contribution in [2.75, 3.05) is 10.7 Å². The van der Waals surface area contributed by atoms with Crippen molar-refractivity contribution in [2.45, 2.75) is 38.0 Å². The van der Waals surface area contributed by atoms with Crippen molar-refractivity contribution in [3.05, 3.63) is 81.8 Å². The average molecular weight is 508 g/mol. The Balaban J connectivity index is 1.70. The minimum absolute atomic E-state index is 0.191. The van der Waals surface area contributed by atoms with Gasteiger partial charge in [-0.2, -0.15) is 0 Å². The smallest absolute Gasteiger partial charge is 0.325 e. The Labute approximate surface area is 211 Å². The number of carbonyl (C=O) groups is 1. The first-order valence-electron chi connectivity index (χ1n) is 11.4. The summed E-state index contributed by atoms with van der Waals surface area (Å²) in [6, 6.07) is 18.4. The summed E-state index contributed by atoms with van der Waals surface area (Å²) in [5.41, 5.74) is 2.20. The van der Waals surface area contributed by atoms with Crippen molar-refractivity contribution in [1.82, 2.24) is 10.1 Å². The highest BCUT2D eigenvalue weighted by Gasteiger charge is 2.46. The number of hydrogen-bond acceptors (Lipinski definition) is 5. The molecule has 2 aromatic carbocycles. The highest BCUT2D eigenvalue weighted by Crippen LogP contribution is 2.38. The zero-order valence-corrected chi connectivity index (χ0v) is 20.9. The number of nitrogens with one attached hydrogen (secondary N) is 1. The Kier molecular flexibility index (Phi) is 6.49. The molecule has 2 aromatic heterocycles. The number of thioether (sulfide) groups is 1. The van der Waals surface area contributed by atoms with E-state index in [-0.39, 0.29) is 11.5 Å². The van der Waals surface area contributed by atoms with E-state index in [2.05, 4.69) is 11.9 Å². The molecule has 1 atom stereocenters. The molecule has 1 aliphatic rings. The number of halogens is 1. The largest absolute Gasteiger partial charge is 0.452 e. The lowest BCUT2D eigenvalue weighted by atomic mass is 10.0. The molecule has 0 fully saturated rings. The van der Waals surface area contributed by atoms with Crippen LogP contribution in [0.2, 0.25) is 5.02 Å². The predicted molar refractivity (Wildman–Crippen MR) is 137 cm³/mol. The van der Waals surface area contributed by atoms with Crippen LogP contribution in [0.25, 0.3) is 22.6 Å². The van der Waals surface area contributed by atoms with Gasteiger partial charge in [0, 0.05) is 28.4 Å². The summed E-state index contributed by atoms with van der Waals surface area (Å²) in [6.07, 6.45) is 1.28. The maximum absolute atomic E-state index is 13.3. The van der Waals surface area contributed by atoms with Gasteiger partial charge in [-0.3, -0.25) is 14.6 Å². The Morgan fingerprint density at radius 3 is 2.80 bits per heavy atom. The molecule has 0 saturated heterocycles. The molecule has 1 amide bonds. The lowest BCUT2D eigenvalue weighted by molar-refractivity contribution is -0.764.